The van der Waals surface area contributed by atoms with E-state index in [2.05, 4.69) is 13.8 Å². The predicted molar refractivity (Wildman–Crippen MR) is 44.0 cm³/mol. The topological polar surface area (TPSA) is 74.6 Å². The highest BCUT2D eigenvalue weighted by atomic mass is 32.3. The Hall–Kier alpha value is -0.130. The van der Waals surface area contributed by atoms with Gasteiger partial charge in [-0.05, 0) is 0 Å². The quantitative estimate of drug-likeness (QED) is 0.519. The fourth-order valence-electron chi connectivity index (χ4n) is 0.500. The molecule has 0 unspecified atom stereocenters. The summed E-state index contributed by atoms with van der Waals surface area (Å²) in [5, 5.41) is 0. The van der Waals surface area contributed by atoms with Crippen LogP contribution in [0.15, 0.2) is 0 Å². The van der Waals surface area contributed by atoms with E-state index in [0.717, 1.165) is 0 Å². The van der Waals surface area contributed by atoms with Crippen molar-refractivity contribution in [3.63, 3.8) is 0 Å². The van der Waals surface area contributed by atoms with Crippen molar-refractivity contribution in [3.8, 4) is 0 Å². The summed E-state index contributed by atoms with van der Waals surface area (Å²) in [6.07, 6.45) is 5.54. The van der Waals surface area contributed by atoms with Crippen molar-refractivity contribution in [1.82, 2.24) is 0 Å². The Labute approximate surface area is 68.2 Å². The number of hydrogen-bond acceptors (Lipinski definition) is 2. The summed E-state index contributed by atoms with van der Waals surface area (Å²) in [6.45, 7) is 4.46. The first-order valence-corrected chi connectivity index (χ1v) is 5.01. The molecule has 4 nitrogen and oxygen atoms in total. The highest BCUT2D eigenvalue weighted by Crippen LogP contribution is 1.95. The average Bonchev–Trinajstić information content (AvgIpc) is 1.79. The summed E-state index contributed by atoms with van der Waals surface area (Å²) in [4.78, 5) is 0. The summed E-state index contributed by atoms with van der Waals surface area (Å²) in [5.74, 6) is 0. The van der Waals surface area contributed by atoms with Crippen LogP contribution in [-0.4, -0.2) is 17.5 Å². The molecule has 5 heteroatoms. The predicted octanol–water partition coefficient (Wildman–Crippen LogP) is 1.93. The second-order valence-electron chi connectivity index (χ2n) is 2.15. The average molecular weight is 184 g/mol. The first kappa shape index (κ1) is 13.5. The first-order chi connectivity index (χ1) is 4.91. The van der Waals surface area contributed by atoms with Gasteiger partial charge in [0.15, 0.2) is 0 Å². The third-order valence-corrected chi connectivity index (χ3v) is 0.957. The van der Waals surface area contributed by atoms with E-state index in [9.17, 15) is 0 Å². The van der Waals surface area contributed by atoms with Crippen molar-refractivity contribution in [2.45, 2.75) is 39.5 Å². The zero-order valence-electron chi connectivity index (χ0n) is 6.95. The van der Waals surface area contributed by atoms with Crippen molar-refractivity contribution in [3.05, 3.63) is 0 Å². The highest BCUT2D eigenvalue weighted by Gasteiger charge is 1.84. The van der Waals surface area contributed by atoms with E-state index < -0.39 is 10.4 Å². The van der Waals surface area contributed by atoms with Crippen molar-refractivity contribution in [2.75, 3.05) is 0 Å². The van der Waals surface area contributed by atoms with Gasteiger partial charge in [-0.2, -0.15) is 8.42 Å². The van der Waals surface area contributed by atoms with Gasteiger partial charge < -0.3 is 0 Å². The second kappa shape index (κ2) is 7.97. The molecule has 0 fully saturated rings. The maximum absolute atomic E-state index is 8.74. The van der Waals surface area contributed by atoms with Gasteiger partial charge in [-0.25, -0.2) is 0 Å². The molecule has 0 aromatic heterocycles. The molecule has 11 heavy (non-hydrogen) atoms. The van der Waals surface area contributed by atoms with E-state index in [1.54, 1.807) is 0 Å². The lowest BCUT2D eigenvalue weighted by molar-refractivity contribution is 0.381. The molecule has 0 radical (unpaired) electrons. The van der Waals surface area contributed by atoms with Crippen LogP contribution in [0.3, 0.4) is 0 Å². The van der Waals surface area contributed by atoms with Crippen LogP contribution < -0.4 is 0 Å². The second-order valence-corrected chi connectivity index (χ2v) is 3.05. The molecular formula is C6H16O4S. The lowest BCUT2D eigenvalue weighted by Gasteiger charge is -1.86. The molecule has 0 amide bonds. The van der Waals surface area contributed by atoms with Crippen LogP contribution in [0.1, 0.15) is 39.5 Å². The zero-order valence-corrected chi connectivity index (χ0v) is 7.76. The summed E-state index contributed by atoms with van der Waals surface area (Å²) >= 11 is 0. The third-order valence-electron chi connectivity index (χ3n) is 0.957. The largest absolute Gasteiger partial charge is 0.394 e. The standard InChI is InChI=1S/C6H14.H2O4S/c1-3-5-6-4-2;1-5(2,3)4/h3-6H2,1-2H3;(H2,1,2,3,4). The molecule has 0 aromatic carbocycles. The molecule has 0 saturated heterocycles. The Morgan fingerprint density at radius 3 is 1.27 bits per heavy atom. The third kappa shape index (κ3) is 74.2. The summed E-state index contributed by atoms with van der Waals surface area (Å²) < 4.78 is 31.6. The van der Waals surface area contributed by atoms with Gasteiger partial charge in [-0.1, -0.05) is 39.5 Å². The smallest absolute Gasteiger partial charge is 0.264 e. The fraction of sp³-hybridized carbons (Fsp3) is 1.00. The van der Waals surface area contributed by atoms with E-state index in [0.29, 0.717) is 0 Å². The van der Waals surface area contributed by atoms with Gasteiger partial charge in [-0.3, -0.25) is 9.11 Å². The maximum Gasteiger partial charge on any atom is 0.394 e. The molecule has 0 aromatic rings. The van der Waals surface area contributed by atoms with Crippen LogP contribution in [0.25, 0.3) is 0 Å². The fourth-order valence-corrected chi connectivity index (χ4v) is 0.500. The van der Waals surface area contributed by atoms with Crippen molar-refractivity contribution in [1.29, 1.82) is 0 Å². The van der Waals surface area contributed by atoms with Gasteiger partial charge in [0.1, 0.15) is 0 Å². The lowest BCUT2D eigenvalue weighted by Crippen LogP contribution is -1.89. The van der Waals surface area contributed by atoms with Crippen LogP contribution in [0.5, 0.6) is 0 Å². The normalized spacial score (nSPS) is 10.2. The molecule has 0 saturated carbocycles. The van der Waals surface area contributed by atoms with Crippen molar-refractivity contribution < 1.29 is 17.5 Å². The highest BCUT2D eigenvalue weighted by molar-refractivity contribution is 7.79. The SMILES string of the molecule is CCCCCC.O=S(=O)(O)O. The Balaban J connectivity index is 0. The Morgan fingerprint density at radius 1 is 1.00 bits per heavy atom. The summed E-state index contributed by atoms with van der Waals surface area (Å²) in [5.41, 5.74) is 0. The number of unbranched alkanes of at least 4 members (excludes halogenated alkanes) is 3. The minimum atomic E-state index is -4.67. The Bertz CT molecular complexity index is 138. The monoisotopic (exact) mass is 184 g/mol. The van der Waals surface area contributed by atoms with Gasteiger partial charge in [-0.15, -0.1) is 0 Å². The summed E-state index contributed by atoms with van der Waals surface area (Å²) in [7, 11) is -4.67. The van der Waals surface area contributed by atoms with Gasteiger partial charge in [0.05, 0.1) is 0 Å². The molecule has 0 rings (SSSR count). The van der Waals surface area contributed by atoms with E-state index in [4.69, 9.17) is 17.5 Å². The van der Waals surface area contributed by atoms with E-state index in [-0.39, 0.29) is 0 Å². The van der Waals surface area contributed by atoms with Crippen molar-refractivity contribution in [2.24, 2.45) is 0 Å². The van der Waals surface area contributed by atoms with E-state index >= 15 is 0 Å². The zero-order chi connectivity index (χ0) is 9.33. The van der Waals surface area contributed by atoms with Crippen LogP contribution in [0.4, 0.5) is 0 Å². The molecule has 0 aliphatic carbocycles. The molecule has 0 heterocycles. The maximum atomic E-state index is 8.74. The molecule has 0 atom stereocenters. The molecule has 0 aliphatic rings. The Kier molecular flexibility index (Phi) is 9.75. The van der Waals surface area contributed by atoms with Crippen LogP contribution in [0, 0.1) is 0 Å². The van der Waals surface area contributed by atoms with Gasteiger partial charge in [0.2, 0.25) is 0 Å². The van der Waals surface area contributed by atoms with E-state index in [1.807, 2.05) is 0 Å². The van der Waals surface area contributed by atoms with Crippen molar-refractivity contribution >= 4 is 10.4 Å². The van der Waals surface area contributed by atoms with Gasteiger partial charge in [0, 0.05) is 0 Å². The molecule has 2 N–H and O–H groups in total. The molecular weight excluding hydrogens is 168 g/mol. The van der Waals surface area contributed by atoms with Gasteiger partial charge in [0.25, 0.3) is 0 Å². The first-order valence-electron chi connectivity index (χ1n) is 3.61. The van der Waals surface area contributed by atoms with Crippen LogP contribution >= 0.6 is 0 Å². The Morgan fingerprint density at radius 2 is 1.18 bits per heavy atom. The minimum Gasteiger partial charge on any atom is -0.264 e. The molecule has 0 aliphatic heterocycles. The van der Waals surface area contributed by atoms with Crippen LogP contribution in [-0.2, 0) is 10.4 Å². The molecule has 70 valence electrons. The van der Waals surface area contributed by atoms with Crippen LogP contribution in [0.2, 0.25) is 0 Å². The lowest BCUT2D eigenvalue weighted by atomic mass is 10.2. The number of hydrogen-bond donors (Lipinski definition) is 2. The minimum absolute atomic E-state index is 1.36. The molecule has 0 spiro atoms. The van der Waals surface area contributed by atoms with E-state index in [1.165, 1.54) is 25.7 Å². The summed E-state index contributed by atoms with van der Waals surface area (Å²) in [6, 6.07) is 0. The molecule has 0 bridgehead atoms. The van der Waals surface area contributed by atoms with Gasteiger partial charge >= 0.3 is 10.4 Å². The number of rotatable bonds is 3.